The van der Waals surface area contributed by atoms with Crippen LogP contribution in [0, 0.1) is 17.5 Å². The van der Waals surface area contributed by atoms with Crippen LogP contribution in [-0.4, -0.2) is 68.4 Å². The molecule has 0 aromatic heterocycles. The maximum atomic E-state index is 16.3. The van der Waals surface area contributed by atoms with Gasteiger partial charge in [0.25, 0.3) is 0 Å². The van der Waals surface area contributed by atoms with Crippen molar-refractivity contribution in [3.8, 4) is 16.9 Å². The molecular weight excluding hydrogens is 675 g/mol. The molecule has 15 heteroatoms. The van der Waals surface area contributed by atoms with Crippen LogP contribution in [0.2, 0.25) is 0 Å². The van der Waals surface area contributed by atoms with Gasteiger partial charge in [-0.15, -0.1) is 0 Å². The Morgan fingerprint density at radius 2 is 1.71 bits per heavy atom. The van der Waals surface area contributed by atoms with Gasteiger partial charge in [0.05, 0.1) is 25.1 Å². The van der Waals surface area contributed by atoms with Crippen LogP contribution in [0.4, 0.5) is 26.7 Å². The van der Waals surface area contributed by atoms with Crippen LogP contribution >= 0.6 is 0 Å². The molecule has 266 valence electrons. The number of carbonyl (C=O) groups is 2. The number of alkyl halides is 2. The van der Waals surface area contributed by atoms with Crippen molar-refractivity contribution < 1.29 is 54.2 Å². The van der Waals surface area contributed by atoms with Crippen molar-refractivity contribution in [3.05, 3.63) is 89.2 Å². The lowest BCUT2D eigenvalue weighted by atomic mass is 9.89. The van der Waals surface area contributed by atoms with Crippen molar-refractivity contribution in [2.24, 2.45) is 0 Å². The highest BCUT2D eigenvalue weighted by molar-refractivity contribution is 7.89. The molecule has 3 aromatic rings. The van der Waals surface area contributed by atoms with Gasteiger partial charge < -0.3 is 19.1 Å². The number of likely N-dealkylation sites (tertiary alicyclic amines) is 1. The average molecular weight is 713 g/mol. The largest absolute Gasteiger partial charge is 0.489 e. The predicted octanol–water partition coefficient (Wildman–Crippen LogP) is 6.39. The van der Waals surface area contributed by atoms with Crippen molar-refractivity contribution in [2.75, 3.05) is 19.2 Å². The molecule has 0 aliphatic carbocycles. The third kappa shape index (κ3) is 10.1. The normalized spacial score (nSPS) is 18.2. The van der Waals surface area contributed by atoms with Crippen molar-refractivity contribution in [1.82, 2.24) is 9.62 Å². The van der Waals surface area contributed by atoms with Crippen LogP contribution in [0.15, 0.2) is 60.7 Å². The highest BCUT2D eigenvalue weighted by Crippen LogP contribution is 2.37. The van der Waals surface area contributed by atoms with Crippen molar-refractivity contribution in [1.29, 1.82) is 0 Å². The van der Waals surface area contributed by atoms with E-state index < -0.39 is 81.6 Å². The molecule has 49 heavy (non-hydrogen) atoms. The quantitative estimate of drug-likeness (QED) is 0.171. The van der Waals surface area contributed by atoms with E-state index in [4.69, 9.17) is 14.2 Å². The first-order chi connectivity index (χ1) is 23.1. The van der Waals surface area contributed by atoms with Gasteiger partial charge in [0.1, 0.15) is 30.0 Å². The van der Waals surface area contributed by atoms with Gasteiger partial charge in [-0.3, -0.25) is 4.79 Å². The minimum Gasteiger partial charge on any atom is -0.489 e. The fraction of sp³-hybridized carbons (Fsp3) is 0.412. The molecule has 1 fully saturated rings. The van der Waals surface area contributed by atoms with Crippen LogP contribution < -0.4 is 9.46 Å². The predicted molar refractivity (Wildman–Crippen MR) is 170 cm³/mol. The number of piperidine rings is 1. The first kappa shape index (κ1) is 37.6. The van der Waals surface area contributed by atoms with Crippen molar-refractivity contribution in [3.63, 3.8) is 0 Å². The SMILES string of the molecule is CC(C)(C)OC(=O)CCOc1c(F)cc(F)cc1-c1cccc(C[C@H]2[C@@H](NS(=O)(=O)CF)[C@@H](F)CCN2C(=O)OCc2ccccc2)c1F. The molecule has 0 saturated carbocycles. The molecule has 0 unspecified atom stereocenters. The molecule has 9 nitrogen and oxygen atoms in total. The van der Waals surface area contributed by atoms with E-state index in [-0.39, 0.29) is 49.3 Å². The Morgan fingerprint density at radius 3 is 2.39 bits per heavy atom. The third-order valence-electron chi connectivity index (χ3n) is 7.53. The summed E-state index contributed by atoms with van der Waals surface area (Å²) in [4.78, 5) is 26.5. The summed E-state index contributed by atoms with van der Waals surface area (Å²) in [7, 11) is -4.65. The van der Waals surface area contributed by atoms with Gasteiger partial charge in [-0.1, -0.05) is 48.5 Å². The number of halogens is 5. The zero-order valence-corrected chi connectivity index (χ0v) is 27.9. The minimum atomic E-state index is -4.65. The summed E-state index contributed by atoms with van der Waals surface area (Å²) in [5, 5.41) is 0. The lowest BCUT2D eigenvalue weighted by Gasteiger charge is -2.42. The maximum Gasteiger partial charge on any atom is 0.410 e. The average Bonchev–Trinajstić information content (AvgIpc) is 3.03. The number of ether oxygens (including phenoxy) is 3. The van der Waals surface area contributed by atoms with E-state index in [0.717, 1.165) is 11.0 Å². The summed E-state index contributed by atoms with van der Waals surface area (Å²) >= 11 is 0. The van der Waals surface area contributed by atoms with Crippen LogP contribution in [0.25, 0.3) is 11.1 Å². The van der Waals surface area contributed by atoms with Gasteiger partial charge in [0.2, 0.25) is 16.0 Å². The Hall–Kier alpha value is -4.24. The fourth-order valence-electron chi connectivity index (χ4n) is 5.41. The second-order valence-electron chi connectivity index (χ2n) is 12.4. The standard InChI is InChI=1S/C34H37F5N2O7S/c1-34(2,3)48-29(42)13-15-46-32-25(17-23(36)18-27(32)38)24-11-7-10-22(30(24)39)16-28-31(40-49(44,45)20-35)26(37)12-14-41(28)33(43)47-19-21-8-5-4-6-9-21/h4-11,17-18,26,28,31,40H,12-16,19-20H2,1-3H3/t26-,28-,31-/m0/s1. The summed E-state index contributed by atoms with van der Waals surface area (Å²) in [5.41, 5.74) is -1.03. The van der Waals surface area contributed by atoms with E-state index in [1.54, 1.807) is 51.1 Å². The van der Waals surface area contributed by atoms with E-state index in [1.165, 1.54) is 18.2 Å². The number of amides is 1. The molecular formula is C34H37F5N2O7S. The molecule has 1 amide bonds. The number of sulfonamides is 1. The number of esters is 1. The first-order valence-electron chi connectivity index (χ1n) is 15.4. The third-order valence-corrected chi connectivity index (χ3v) is 8.45. The number of rotatable bonds is 12. The van der Waals surface area contributed by atoms with Gasteiger partial charge in [-0.05, 0) is 50.8 Å². The molecule has 1 saturated heterocycles. The van der Waals surface area contributed by atoms with E-state index in [9.17, 15) is 26.8 Å². The Labute approximate surface area is 281 Å². The highest BCUT2D eigenvalue weighted by atomic mass is 32.2. The smallest absolute Gasteiger partial charge is 0.410 e. The lowest BCUT2D eigenvalue weighted by molar-refractivity contribution is -0.155. The van der Waals surface area contributed by atoms with Crippen LogP contribution in [0.5, 0.6) is 5.75 Å². The first-order valence-corrected chi connectivity index (χ1v) is 17.0. The zero-order valence-electron chi connectivity index (χ0n) is 27.1. The van der Waals surface area contributed by atoms with E-state index >= 15 is 13.2 Å². The van der Waals surface area contributed by atoms with Gasteiger partial charge in [-0.2, -0.15) is 0 Å². The number of carbonyl (C=O) groups excluding carboxylic acids is 2. The Bertz CT molecular complexity index is 1740. The molecule has 0 spiro atoms. The van der Waals surface area contributed by atoms with Crippen LogP contribution in [0.3, 0.4) is 0 Å². The molecule has 1 N–H and O–H groups in total. The minimum absolute atomic E-state index is 0.172. The fourth-order valence-corrected chi connectivity index (χ4v) is 6.19. The van der Waals surface area contributed by atoms with Gasteiger partial charge in [0, 0.05) is 23.7 Å². The second-order valence-corrected chi connectivity index (χ2v) is 14.1. The number of nitrogens with one attached hydrogen (secondary N) is 1. The molecule has 3 aromatic carbocycles. The van der Waals surface area contributed by atoms with Crippen LogP contribution in [0.1, 0.15) is 44.7 Å². The molecule has 3 atom stereocenters. The monoisotopic (exact) mass is 712 g/mol. The van der Waals surface area contributed by atoms with Gasteiger partial charge in [-0.25, -0.2) is 39.9 Å². The summed E-state index contributed by atoms with van der Waals surface area (Å²) in [6.45, 7) is 4.18. The molecule has 1 aliphatic rings. The number of nitrogens with zero attached hydrogens (tertiary/aromatic N) is 1. The molecule has 1 heterocycles. The van der Waals surface area contributed by atoms with Crippen LogP contribution in [-0.2, 0) is 37.3 Å². The topological polar surface area (TPSA) is 111 Å². The Balaban J connectivity index is 1.67. The number of hydrogen-bond donors (Lipinski definition) is 1. The zero-order chi connectivity index (χ0) is 35.9. The Morgan fingerprint density at radius 1 is 1.00 bits per heavy atom. The van der Waals surface area contributed by atoms with Gasteiger partial charge >= 0.3 is 12.1 Å². The molecule has 4 rings (SSSR count). The summed E-state index contributed by atoms with van der Waals surface area (Å²) in [6.07, 6.45) is -3.97. The molecule has 1 aliphatic heterocycles. The summed E-state index contributed by atoms with van der Waals surface area (Å²) in [6, 6.07) is 8.81. The molecule has 0 bridgehead atoms. The molecule has 0 radical (unpaired) electrons. The number of hydrogen-bond acceptors (Lipinski definition) is 7. The maximum absolute atomic E-state index is 16.3. The highest BCUT2D eigenvalue weighted by Gasteiger charge is 2.43. The van der Waals surface area contributed by atoms with Crippen molar-refractivity contribution >= 4 is 22.1 Å². The summed E-state index contributed by atoms with van der Waals surface area (Å²) < 4.78 is 117. The second kappa shape index (κ2) is 16.0. The van der Waals surface area contributed by atoms with E-state index in [0.29, 0.717) is 11.6 Å². The van der Waals surface area contributed by atoms with E-state index in [1.807, 2.05) is 4.72 Å². The van der Waals surface area contributed by atoms with Crippen molar-refractivity contribution in [2.45, 2.75) is 70.5 Å². The Kier molecular flexibility index (Phi) is 12.3. The number of benzene rings is 3. The lowest BCUT2D eigenvalue weighted by Crippen LogP contribution is -2.62. The van der Waals surface area contributed by atoms with E-state index in [2.05, 4.69) is 0 Å². The summed E-state index contributed by atoms with van der Waals surface area (Å²) in [5.74, 6) is -4.47. The van der Waals surface area contributed by atoms with Gasteiger partial charge in [0.15, 0.2) is 11.6 Å².